The molecule has 0 radical (unpaired) electrons. The molecule has 0 heterocycles. The number of aliphatic hydroxyl groups excluding tert-OH is 2. The number of aliphatic hydroxyl groups is 3. The summed E-state index contributed by atoms with van der Waals surface area (Å²) in [5.74, 6) is -6.57. The van der Waals surface area contributed by atoms with Gasteiger partial charge in [0, 0.05) is 37.8 Å². The Morgan fingerprint density at radius 2 is 1.73 bits per heavy atom. The Kier molecular flexibility index (Phi) is 6.38. The number of phenolic OH excluding ortho intramolecular Hbond substituents is 1. The molecule has 11 nitrogen and oxygen atoms in total. The van der Waals surface area contributed by atoms with Crippen molar-refractivity contribution in [2.75, 3.05) is 47.2 Å². The number of carbonyl (C=O) groups is 3. The maximum Gasteiger partial charge on any atom is 0.255 e. The summed E-state index contributed by atoms with van der Waals surface area (Å²) in [7, 11) is 10.7. The highest BCUT2D eigenvalue weighted by Crippen LogP contribution is 2.53. The van der Waals surface area contributed by atoms with Gasteiger partial charge in [0.1, 0.15) is 22.8 Å². The molecule has 0 spiro atoms. The minimum Gasteiger partial charge on any atom is -0.510 e. The van der Waals surface area contributed by atoms with E-state index in [4.69, 9.17) is 5.73 Å². The van der Waals surface area contributed by atoms with Gasteiger partial charge < -0.3 is 36.0 Å². The molecule has 0 saturated heterocycles. The number of benzene rings is 1. The number of amides is 1. The minimum atomic E-state index is -2.64. The number of anilines is 1. The molecule has 1 amide bonds. The molecule has 1 aromatic rings. The van der Waals surface area contributed by atoms with Gasteiger partial charge >= 0.3 is 0 Å². The van der Waals surface area contributed by atoms with E-state index in [-0.39, 0.29) is 29.7 Å². The standard InChI is InChI=1S/C26H34N4O7/c1-28(2)10-12-9-15(31)17-13(19(12)29(3)4)7-11-8-14-20(30(5)6)22(33)18(25(27)36)24(35)26(14,37)23(34)16(11)21(17)32/h9,11,14,20,31,33-34,37H,7-8,10H2,1-6H3,(H2,27,36)/t11-,14-,20-,26-/m0/s1. The second kappa shape index (κ2) is 8.86. The summed E-state index contributed by atoms with van der Waals surface area (Å²) in [6.45, 7) is 0.509. The van der Waals surface area contributed by atoms with Crippen LogP contribution in [0.15, 0.2) is 28.7 Å². The summed E-state index contributed by atoms with van der Waals surface area (Å²) >= 11 is 0. The molecule has 0 aromatic heterocycles. The molecule has 4 atom stereocenters. The van der Waals surface area contributed by atoms with Gasteiger partial charge in [0.05, 0.1) is 11.6 Å². The molecule has 6 N–H and O–H groups in total. The first kappa shape index (κ1) is 26.6. The van der Waals surface area contributed by atoms with E-state index in [1.54, 1.807) is 14.1 Å². The number of carbonyl (C=O) groups excluding carboxylic acids is 3. The molecule has 0 bridgehead atoms. The summed E-state index contributed by atoms with van der Waals surface area (Å²) in [5.41, 5.74) is 3.94. The lowest BCUT2D eigenvalue weighted by Crippen LogP contribution is -2.63. The molecule has 0 unspecified atom stereocenters. The van der Waals surface area contributed by atoms with E-state index in [0.717, 1.165) is 11.3 Å². The van der Waals surface area contributed by atoms with Crippen molar-refractivity contribution in [3.05, 3.63) is 45.4 Å². The van der Waals surface area contributed by atoms with Crippen molar-refractivity contribution in [1.29, 1.82) is 0 Å². The van der Waals surface area contributed by atoms with Crippen LogP contribution < -0.4 is 10.6 Å². The van der Waals surface area contributed by atoms with Gasteiger partial charge in [-0.2, -0.15) is 0 Å². The zero-order valence-electron chi connectivity index (χ0n) is 21.9. The highest BCUT2D eigenvalue weighted by Gasteiger charge is 2.63. The van der Waals surface area contributed by atoms with Crippen LogP contribution in [-0.2, 0) is 22.6 Å². The molecular weight excluding hydrogens is 480 g/mol. The third-order valence-electron chi connectivity index (χ3n) is 7.71. The number of hydrogen-bond donors (Lipinski definition) is 5. The second-order valence-corrected chi connectivity index (χ2v) is 10.9. The van der Waals surface area contributed by atoms with Crippen LogP contribution in [0.25, 0.3) is 0 Å². The van der Waals surface area contributed by atoms with Crippen molar-refractivity contribution in [3.63, 3.8) is 0 Å². The van der Waals surface area contributed by atoms with E-state index in [1.807, 2.05) is 38.0 Å². The second-order valence-electron chi connectivity index (χ2n) is 10.9. The first-order valence-corrected chi connectivity index (χ1v) is 12.0. The fourth-order valence-electron chi connectivity index (χ4n) is 6.39. The smallest absolute Gasteiger partial charge is 0.255 e. The first-order chi connectivity index (χ1) is 17.1. The minimum absolute atomic E-state index is 0.00647. The summed E-state index contributed by atoms with van der Waals surface area (Å²) < 4.78 is 0. The normalized spacial score (nSPS) is 27.4. The summed E-state index contributed by atoms with van der Waals surface area (Å²) in [6.07, 6.45) is 0.300. The molecule has 11 heteroatoms. The molecule has 4 rings (SSSR count). The average Bonchev–Trinajstić information content (AvgIpc) is 2.74. The number of Topliss-reactive ketones (excluding diaryl/α,β-unsaturated/α-hetero) is 2. The van der Waals surface area contributed by atoms with Gasteiger partial charge in [-0.3, -0.25) is 19.3 Å². The SMILES string of the molecule is CN(C)Cc1cc(O)c2c(c1N(C)C)C[C@H]1C[C@H]3[C@H](N(C)C)C(O)=C(C(N)=O)C(=O)[C@@]3(O)C(O)=C1C2=O. The topological polar surface area (TPSA) is 168 Å². The summed E-state index contributed by atoms with van der Waals surface area (Å²) in [5, 5.41) is 44.8. The summed E-state index contributed by atoms with van der Waals surface area (Å²) in [6, 6.07) is 0.497. The average molecular weight is 515 g/mol. The van der Waals surface area contributed by atoms with Crippen molar-refractivity contribution in [2.24, 2.45) is 17.6 Å². The third-order valence-corrected chi connectivity index (χ3v) is 7.71. The number of phenols is 1. The molecule has 1 aromatic carbocycles. The molecule has 3 aliphatic carbocycles. The molecule has 0 aliphatic heterocycles. The number of nitrogens with zero attached hydrogens (tertiary/aromatic N) is 3. The molecule has 37 heavy (non-hydrogen) atoms. The van der Waals surface area contributed by atoms with Crippen LogP contribution in [0.1, 0.15) is 27.9 Å². The number of hydrogen-bond acceptors (Lipinski definition) is 10. The Balaban J connectivity index is 1.97. The lowest BCUT2D eigenvalue weighted by atomic mass is 9.58. The molecule has 3 aliphatic rings. The Hall–Kier alpha value is -3.41. The number of nitrogens with two attached hydrogens (primary N) is 1. The number of fused-ring (bicyclic) bond motifs is 3. The van der Waals surface area contributed by atoms with Crippen LogP contribution in [0.2, 0.25) is 0 Å². The maximum atomic E-state index is 13.8. The fourth-order valence-corrected chi connectivity index (χ4v) is 6.39. The maximum absolute atomic E-state index is 13.8. The fraction of sp³-hybridized carbons (Fsp3) is 0.500. The van der Waals surface area contributed by atoms with E-state index in [0.29, 0.717) is 12.1 Å². The van der Waals surface area contributed by atoms with E-state index < -0.39 is 58.0 Å². The van der Waals surface area contributed by atoms with Gasteiger partial charge in [-0.1, -0.05) is 0 Å². The van der Waals surface area contributed by atoms with E-state index in [1.165, 1.54) is 11.0 Å². The van der Waals surface area contributed by atoms with Gasteiger partial charge in [0.2, 0.25) is 5.78 Å². The summed E-state index contributed by atoms with van der Waals surface area (Å²) in [4.78, 5) is 44.6. The highest BCUT2D eigenvalue weighted by atomic mass is 16.3. The number of aromatic hydroxyl groups is 1. The predicted molar refractivity (Wildman–Crippen MR) is 135 cm³/mol. The largest absolute Gasteiger partial charge is 0.510 e. The van der Waals surface area contributed by atoms with Crippen LogP contribution in [0.5, 0.6) is 5.75 Å². The van der Waals surface area contributed by atoms with Crippen LogP contribution in [0.4, 0.5) is 5.69 Å². The lowest BCUT2D eigenvalue weighted by molar-refractivity contribution is -0.148. The number of likely N-dealkylation sites (N-methyl/N-ethyl adjacent to an activating group) is 1. The Morgan fingerprint density at radius 1 is 1.11 bits per heavy atom. The van der Waals surface area contributed by atoms with E-state index in [2.05, 4.69) is 0 Å². The van der Waals surface area contributed by atoms with Crippen molar-refractivity contribution >= 4 is 23.2 Å². The van der Waals surface area contributed by atoms with Crippen LogP contribution in [-0.4, -0.2) is 102 Å². The van der Waals surface area contributed by atoms with E-state index >= 15 is 0 Å². The zero-order chi connectivity index (χ0) is 27.7. The van der Waals surface area contributed by atoms with Crippen LogP contribution in [0.3, 0.4) is 0 Å². The molecule has 0 fully saturated rings. The van der Waals surface area contributed by atoms with Gasteiger partial charge in [-0.25, -0.2) is 0 Å². The third kappa shape index (κ3) is 3.72. The van der Waals surface area contributed by atoms with Gasteiger partial charge in [0.25, 0.3) is 5.91 Å². The van der Waals surface area contributed by atoms with Crippen molar-refractivity contribution in [3.8, 4) is 5.75 Å². The quantitative estimate of drug-likeness (QED) is 0.344. The lowest BCUT2D eigenvalue weighted by Gasteiger charge is -2.50. The van der Waals surface area contributed by atoms with Crippen LogP contribution in [0, 0.1) is 11.8 Å². The Labute approximate surface area is 215 Å². The number of ketones is 2. The van der Waals surface area contributed by atoms with Gasteiger partial charge in [-0.15, -0.1) is 0 Å². The zero-order valence-corrected chi connectivity index (χ0v) is 21.9. The van der Waals surface area contributed by atoms with Crippen LogP contribution >= 0.6 is 0 Å². The van der Waals surface area contributed by atoms with Crippen molar-refractivity contribution in [1.82, 2.24) is 9.80 Å². The predicted octanol–water partition coefficient (Wildman–Crippen LogP) is 0.248. The molecule has 0 saturated carbocycles. The number of primary amides is 1. The number of rotatable bonds is 5. The first-order valence-electron chi connectivity index (χ1n) is 12.0. The molecule has 200 valence electrons. The van der Waals surface area contributed by atoms with Crippen molar-refractivity contribution < 1.29 is 34.8 Å². The van der Waals surface area contributed by atoms with Gasteiger partial charge in [-0.05, 0) is 64.1 Å². The van der Waals surface area contributed by atoms with Crippen molar-refractivity contribution in [2.45, 2.75) is 31.0 Å². The number of allylic oxidation sites excluding steroid dienone is 1. The Bertz CT molecular complexity index is 1280. The Morgan fingerprint density at radius 3 is 2.24 bits per heavy atom. The highest BCUT2D eigenvalue weighted by molar-refractivity contribution is 6.24. The van der Waals surface area contributed by atoms with Gasteiger partial charge in [0.15, 0.2) is 11.4 Å². The van der Waals surface area contributed by atoms with E-state index in [9.17, 15) is 34.8 Å². The molecular formula is C26H34N4O7. The monoisotopic (exact) mass is 514 g/mol.